The fourth-order valence-corrected chi connectivity index (χ4v) is 2.86. The van der Waals surface area contributed by atoms with Crippen molar-refractivity contribution in [3.8, 4) is 0 Å². The number of nitrogens with zero attached hydrogens (tertiary/aromatic N) is 1. The van der Waals surface area contributed by atoms with Gasteiger partial charge in [0, 0.05) is 0 Å². The molecule has 1 N–H and O–H groups in total. The van der Waals surface area contributed by atoms with Crippen molar-refractivity contribution in [1.29, 1.82) is 0 Å². The zero-order chi connectivity index (χ0) is 12.2. The highest BCUT2D eigenvalue weighted by atomic mass is 16.6. The van der Waals surface area contributed by atoms with Crippen LogP contribution in [0.15, 0.2) is 0 Å². The van der Waals surface area contributed by atoms with Gasteiger partial charge in [-0.15, -0.1) is 0 Å². The number of ether oxygens (including phenoxy) is 1. The van der Waals surface area contributed by atoms with Crippen LogP contribution in [0.4, 0.5) is 0 Å². The van der Waals surface area contributed by atoms with Crippen LogP contribution in [0, 0.1) is 5.92 Å². The summed E-state index contributed by atoms with van der Waals surface area (Å²) >= 11 is 0. The molecule has 0 aliphatic heterocycles. The third kappa shape index (κ3) is 2.96. The average Bonchev–Trinajstić information content (AvgIpc) is 2.79. The van der Waals surface area contributed by atoms with Crippen molar-refractivity contribution in [2.24, 2.45) is 5.92 Å². The molecule has 0 aromatic carbocycles. The van der Waals surface area contributed by atoms with Crippen LogP contribution in [0.5, 0.6) is 0 Å². The molecular weight excluding hydrogens is 202 g/mol. The molecule has 0 amide bonds. The zero-order valence-corrected chi connectivity index (χ0v) is 11.2. The van der Waals surface area contributed by atoms with E-state index in [0.29, 0.717) is 5.92 Å². The molecule has 1 unspecified atom stereocenters. The van der Waals surface area contributed by atoms with Crippen molar-refractivity contribution in [2.75, 3.05) is 14.1 Å². The number of aliphatic hydroxyl groups is 1. The molecule has 0 radical (unpaired) electrons. The summed E-state index contributed by atoms with van der Waals surface area (Å²) in [6.45, 7) is 4.34. The Morgan fingerprint density at radius 2 is 1.75 bits per heavy atom. The van der Waals surface area contributed by atoms with E-state index in [0.717, 1.165) is 12.8 Å². The molecule has 3 heteroatoms. The molecule has 0 aromatic rings. The third-order valence-corrected chi connectivity index (χ3v) is 4.08. The molecule has 3 nitrogen and oxygen atoms in total. The van der Waals surface area contributed by atoms with E-state index in [1.165, 1.54) is 25.7 Å². The molecule has 1 rings (SSSR count). The van der Waals surface area contributed by atoms with E-state index >= 15 is 0 Å². The van der Waals surface area contributed by atoms with Gasteiger partial charge in [-0.1, -0.05) is 26.7 Å². The smallest absolute Gasteiger partial charge is 0.216 e. The number of hydrogen-bond acceptors (Lipinski definition) is 3. The summed E-state index contributed by atoms with van der Waals surface area (Å²) in [5.74, 6) is 0.622. The quantitative estimate of drug-likeness (QED) is 0.711. The Morgan fingerprint density at radius 3 is 2.12 bits per heavy atom. The van der Waals surface area contributed by atoms with Gasteiger partial charge in [0.25, 0.3) is 0 Å². The molecule has 96 valence electrons. The van der Waals surface area contributed by atoms with Crippen LogP contribution < -0.4 is 0 Å². The predicted octanol–water partition coefficient (Wildman–Crippen LogP) is 2.59. The topological polar surface area (TPSA) is 32.7 Å². The van der Waals surface area contributed by atoms with Gasteiger partial charge in [-0.3, -0.25) is 4.90 Å². The van der Waals surface area contributed by atoms with E-state index in [1.54, 1.807) is 4.90 Å². The van der Waals surface area contributed by atoms with Gasteiger partial charge in [0.2, 0.25) is 6.41 Å². The van der Waals surface area contributed by atoms with Crippen molar-refractivity contribution in [3.05, 3.63) is 0 Å². The first kappa shape index (κ1) is 13.9. The van der Waals surface area contributed by atoms with Crippen molar-refractivity contribution in [3.63, 3.8) is 0 Å². The maximum atomic E-state index is 9.89. The van der Waals surface area contributed by atoms with Crippen LogP contribution in [0.2, 0.25) is 0 Å². The zero-order valence-electron chi connectivity index (χ0n) is 11.2. The molecule has 1 saturated carbocycles. The van der Waals surface area contributed by atoms with Crippen LogP contribution in [0.3, 0.4) is 0 Å². The molecule has 1 aliphatic carbocycles. The molecule has 0 saturated heterocycles. The minimum atomic E-state index is -0.777. The lowest BCUT2D eigenvalue weighted by Gasteiger charge is -2.40. The highest BCUT2D eigenvalue weighted by Gasteiger charge is 2.40. The Balaban J connectivity index is 2.70. The Kier molecular flexibility index (Phi) is 5.22. The molecule has 0 bridgehead atoms. The van der Waals surface area contributed by atoms with Crippen molar-refractivity contribution >= 4 is 0 Å². The van der Waals surface area contributed by atoms with Gasteiger partial charge in [-0.25, -0.2) is 0 Å². The first-order valence-electron chi connectivity index (χ1n) is 6.58. The van der Waals surface area contributed by atoms with Gasteiger partial charge in [-0.05, 0) is 45.7 Å². The highest BCUT2D eigenvalue weighted by molar-refractivity contribution is 4.89. The number of rotatable bonds is 6. The molecule has 1 atom stereocenters. The lowest BCUT2D eigenvalue weighted by Crippen LogP contribution is -2.46. The molecule has 0 heterocycles. The van der Waals surface area contributed by atoms with Crippen LogP contribution >= 0.6 is 0 Å². The minimum Gasteiger partial charge on any atom is -0.356 e. The van der Waals surface area contributed by atoms with Gasteiger partial charge in [0.15, 0.2) is 0 Å². The number of aliphatic hydroxyl groups excluding tert-OH is 1. The SMILES string of the molecule is CCC(CC)(OC(O)N(C)C)C1CCCC1. The maximum Gasteiger partial charge on any atom is 0.216 e. The first-order chi connectivity index (χ1) is 7.55. The normalized spacial score (nSPS) is 20.6. The fraction of sp³-hybridized carbons (Fsp3) is 1.00. The van der Waals surface area contributed by atoms with Gasteiger partial charge >= 0.3 is 0 Å². The summed E-state index contributed by atoms with van der Waals surface area (Å²) in [4.78, 5) is 1.72. The van der Waals surface area contributed by atoms with E-state index in [2.05, 4.69) is 13.8 Å². The average molecular weight is 229 g/mol. The Hall–Kier alpha value is -0.120. The van der Waals surface area contributed by atoms with Crippen LogP contribution in [0.1, 0.15) is 52.4 Å². The summed E-state index contributed by atoms with van der Waals surface area (Å²) in [6.07, 6.45) is 6.32. The second-order valence-corrected chi connectivity index (χ2v) is 5.16. The van der Waals surface area contributed by atoms with E-state index in [-0.39, 0.29) is 5.60 Å². The van der Waals surface area contributed by atoms with Crippen molar-refractivity contribution < 1.29 is 9.84 Å². The van der Waals surface area contributed by atoms with Gasteiger partial charge in [0.05, 0.1) is 5.60 Å². The van der Waals surface area contributed by atoms with Gasteiger partial charge < -0.3 is 9.84 Å². The lowest BCUT2D eigenvalue weighted by molar-refractivity contribution is -0.258. The molecular formula is C13H27NO2. The second-order valence-electron chi connectivity index (χ2n) is 5.16. The summed E-state index contributed by atoms with van der Waals surface area (Å²) in [5.41, 5.74) is -0.125. The lowest BCUT2D eigenvalue weighted by atomic mass is 9.81. The van der Waals surface area contributed by atoms with Crippen LogP contribution in [-0.4, -0.2) is 36.1 Å². The summed E-state index contributed by atoms with van der Waals surface area (Å²) in [5, 5.41) is 9.89. The third-order valence-electron chi connectivity index (χ3n) is 4.08. The summed E-state index contributed by atoms with van der Waals surface area (Å²) in [6, 6.07) is 0. The molecule has 0 spiro atoms. The van der Waals surface area contributed by atoms with Gasteiger partial charge in [0.1, 0.15) is 0 Å². The molecule has 1 fully saturated rings. The largest absolute Gasteiger partial charge is 0.356 e. The number of hydrogen-bond donors (Lipinski definition) is 1. The van der Waals surface area contributed by atoms with E-state index < -0.39 is 6.41 Å². The monoisotopic (exact) mass is 229 g/mol. The van der Waals surface area contributed by atoms with E-state index in [9.17, 15) is 5.11 Å². The highest BCUT2D eigenvalue weighted by Crippen LogP contribution is 2.41. The molecule has 1 aliphatic rings. The Morgan fingerprint density at radius 1 is 1.25 bits per heavy atom. The van der Waals surface area contributed by atoms with E-state index in [4.69, 9.17) is 4.74 Å². The second kappa shape index (κ2) is 5.99. The summed E-state index contributed by atoms with van der Waals surface area (Å²) in [7, 11) is 3.69. The maximum absolute atomic E-state index is 9.89. The van der Waals surface area contributed by atoms with E-state index in [1.807, 2.05) is 14.1 Å². The van der Waals surface area contributed by atoms with Crippen molar-refractivity contribution in [1.82, 2.24) is 4.90 Å². The first-order valence-corrected chi connectivity index (χ1v) is 6.58. The molecule has 0 aromatic heterocycles. The fourth-order valence-electron chi connectivity index (χ4n) is 2.86. The van der Waals surface area contributed by atoms with Crippen LogP contribution in [0.25, 0.3) is 0 Å². The van der Waals surface area contributed by atoms with Crippen LogP contribution in [-0.2, 0) is 4.74 Å². The standard InChI is InChI=1S/C13H27NO2/c1-5-13(6-2,11-9-7-8-10-11)16-12(15)14(3)4/h11-12,15H,5-10H2,1-4H3. The Labute approximate surface area is 99.8 Å². The Bertz CT molecular complexity index is 196. The van der Waals surface area contributed by atoms with Gasteiger partial charge in [-0.2, -0.15) is 0 Å². The summed E-state index contributed by atoms with van der Waals surface area (Å²) < 4.78 is 5.96. The minimum absolute atomic E-state index is 0.125. The van der Waals surface area contributed by atoms with Crippen molar-refractivity contribution in [2.45, 2.75) is 64.4 Å². The predicted molar refractivity (Wildman–Crippen MR) is 66.0 cm³/mol. The molecule has 16 heavy (non-hydrogen) atoms.